The number of amides is 3. The van der Waals surface area contributed by atoms with Crippen LogP contribution in [-0.4, -0.2) is 23.0 Å². The van der Waals surface area contributed by atoms with Crippen molar-refractivity contribution in [3.63, 3.8) is 0 Å². The molecule has 1 fully saturated rings. The summed E-state index contributed by atoms with van der Waals surface area (Å²) >= 11 is 13.2. The van der Waals surface area contributed by atoms with E-state index in [4.69, 9.17) is 23.2 Å². The lowest BCUT2D eigenvalue weighted by Gasteiger charge is -2.15. The number of imide groups is 1. The quantitative estimate of drug-likeness (QED) is 0.462. The van der Waals surface area contributed by atoms with Crippen LogP contribution in [-0.2, 0) is 20.8 Å². The highest BCUT2D eigenvalue weighted by molar-refractivity contribution is 8.00. The van der Waals surface area contributed by atoms with E-state index in [1.807, 2.05) is 24.3 Å². The molecule has 3 amide bonds. The number of benzene rings is 3. The molecule has 1 aliphatic rings. The molecule has 1 atom stereocenters. The molecular formula is C24H18Cl2N2O3S. The minimum absolute atomic E-state index is 0.121. The van der Waals surface area contributed by atoms with E-state index in [9.17, 15) is 14.4 Å². The van der Waals surface area contributed by atoms with Crippen LogP contribution in [0.1, 0.15) is 12.0 Å². The molecule has 0 aromatic heterocycles. The van der Waals surface area contributed by atoms with Gasteiger partial charge in [-0.25, -0.2) is 4.90 Å². The number of hydrogen-bond acceptors (Lipinski definition) is 4. The maximum Gasteiger partial charge on any atom is 0.247 e. The van der Waals surface area contributed by atoms with E-state index >= 15 is 0 Å². The Labute approximate surface area is 199 Å². The number of carbonyl (C=O) groups excluding carboxylic acids is 3. The fourth-order valence-corrected chi connectivity index (χ4v) is 4.72. The zero-order chi connectivity index (χ0) is 22.7. The van der Waals surface area contributed by atoms with Crippen LogP contribution in [0.5, 0.6) is 0 Å². The fraction of sp³-hybridized carbons (Fsp3) is 0.125. The Morgan fingerprint density at radius 2 is 1.69 bits per heavy atom. The molecular weight excluding hydrogens is 467 g/mol. The third kappa shape index (κ3) is 5.33. The van der Waals surface area contributed by atoms with E-state index in [1.165, 1.54) is 16.7 Å². The summed E-state index contributed by atoms with van der Waals surface area (Å²) in [4.78, 5) is 39.5. The maximum atomic E-state index is 12.8. The molecule has 0 saturated carbocycles. The van der Waals surface area contributed by atoms with Gasteiger partial charge in [-0.1, -0.05) is 41.4 Å². The second-order valence-corrected chi connectivity index (χ2v) is 9.38. The molecule has 1 saturated heterocycles. The highest BCUT2D eigenvalue weighted by Crippen LogP contribution is 2.35. The SMILES string of the molecule is O=C(Cc1ccc(Cl)cc1)Nc1ccc(S[C@H]2CC(=O)N(c3cccc(Cl)c3)C2=O)cc1. The van der Waals surface area contributed by atoms with Crippen LogP contribution < -0.4 is 10.2 Å². The first kappa shape index (κ1) is 22.4. The maximum absolute atomic E-state index is 12.8. The highest BCUT2D eigenvalue weighted by Gasteiger charge is 2.40. The van der Waals surface area contributed by atoms with Gasteiger partial charge in [0.2, 0.25) is 17.7 Å². The summed E-state index contributed by atoms with van der Waals surface area (Å²) < 4.78 is 0. The molecule has 4 rings (SSSR count). The molecule has 3 aromatic carbocycles. The van der Waals surface area contributed by atoms with E-state index < -0.39 is 5.25 Å². The van der Waals surface area contributed by atoms with Gasteiger partial charge in [-0.3, -0.25) is 14.4 Å². The van der Waals surface area contributed by atoms with Crippen LogP contribution >= 0.6 is 35.0 Å². The Morgan fingerprint density at radius 1 is 0.969 bits per heavy atom. The minimum Gasteiger partial charge on any atom is -0.326 e. The lowest BCUT2D eigenvalue weighted by molar-refractivity contribution is -0.121. The minimum atomic E-state index is -0.508. The Hall–Kier alpha value is -2.80. The van der Waals surface area contributed by atoms with E-state index in [-0.39, 0.29) is 30.6 Å². The number of anilines is 2. The fourth-order valence-electron chi connectivity index (χ4n) is 3.36. The van der Waals surface area contributed by atoms with Crippen molar-refractivity contribution < 1.29 is 14.4 Å². The summed E-state index contributed by atoms with van der Waals surface area (Å²) in [6, 6.07) is 21.0. The smallest absolute Gasteiger partial charge is 0.247 e. The van der Waals surface area contributed by atoms with E-state index in [2.05, 4.69) is 5.32 Å². The molecule has 162 valence electrons. The van der Waals surface area contributed by atoms with Crippen molar-refractivity contribution in [1.82, 2.24) is 0 Å². The molecule has 0 bridgehead atoms. The van der Waals surface area contributed by atoms with Crippen LogP contribution in [0.25, 0.3) is 0 Å². The van der Waals surface area contributed by atoms with Crippen molar-refractivity contribution in [1.29, 1.82) is 0 Å². The van der Waals surface area contributed by atoms with Crippen LogP contribution in [0.4, 0.5) is 11.4 Å². The number of carbonyl (C=O) groups is 3. The first-order chi connectivity index (χ1) is 15.4. The number of halogens is 2. The van der Waals surface area contributed by atoms with Gasteiger partial charge in [-0.15, -0.1) is 11.8 Å². The van der Waals surface area contributed by atoms with Crippen LogP contribution in [0, 0.1) is 0 Å². The van der Waals surface area contributed by atoms with Gasteiger partial charge in [0.15, 0.2) is 0 Å². The molecule has 32 heavy (non-hydrogen) atoms. The normalized spacial score (nSPS) is 15.8. The lowest BCUT2D eigenvalue weighted by Crippen LogP contribution is -2.31. The largest absolute Gasteiger partial charge is 0.326 e. The molecule has 1 aliphatic heterocycles. The summed E-state index contributed by atoms with van der Waals surface area (Å²) in [6.07, 6.45) is 0.362. The van der Waals surface area contributed by atoms with Crippen molar-refractivity contribution in [2.24, 2.45) is 0 Å². The summed E-state index contributed by atoms with van der Waals surface area (Å²) in [5.41, 5.74) is 2.00. The van der Waals surface area contributed by atoms with Gasteiger partial charge >= 0.3 is 0 Å². The molecule has 1 N–H and O–H groups in total. The zero-order valence-corrected chi connectivity index (χ0v) is 19.1. The molecule has 0 aliphatic carbocycles. The van der Waals surface area contributed by atoms with Gasteiger partial charge in [0.05, 0.1) is 17.4 Å². The average molecular weight is 485 g/mol. The third-order valence-corrected chi connectivity index (χ3v) is 6.55. The van der Waals surface area contributed by atoms with Gasteiger partial charge < -0.3 is 5.32 Å². The van der Waals surface area contributed by atoms with Crippen molar-refractivity contribution >= 4 is 64.1 Å². The number of nitrogens with zero attached hydrogens (tertiary/aromatic N) is 1. The van der Waals surface area contributed by atoms with Crippen LogP contribution in [0.2, 0.25) is 10.0 Å². The van der Waals surface area contributed by atoms with Crippen LogP contribution in [0.15, 0.2) is 77.7 Å². The highest BCUT2D eigenvalue weighted by atomic mass is 35.5. The molecule has 3 aromatic rings. The topological polar surface area (TPSA) is 66.5 Å². The molecule has 0 spiro atoms. The first-order valence-corrected chi connectivity index (χ1v) is 11.5. The van der Waals surface area contributed by atoms with Gasteiger partial charge in [0, 0.05) is 27.0 Å². The van der Waals surface area contributed by atoms with E-state index in [0.29, 0.717) is 21.4 Å². The van der Waals surface area contributed by atoms with Crippen molar-refractivity contribution in [3.05, 3.63) is 88.4 Å². The summed E-state index contributed by atoms with van der Waals surface area (Å²) in [5, 5.41) is 3.44. The number of rotatable bonds is 6. The first-order valence-electron chi connectivity index (χ1n) is 9.82. The summed E-state index contributed by atoms with van der Waals surface area (Å²) in [6.45, 7) is 0. The standard InChI is InChI=1S/C24H18Cl2N2O3S/c25-16-6-4-15(5-7-16)12-22(29)27-18-8-10-20(11-9-18)32-21-14-23(30)28(24(21)31)19-3-1-2-17(26)13-19/h1-11,13,21H,12,14H2,(H,27,29)/t21-/m0/s1. The molecule has 5 nitrogen and oxygen atoms in total. The zero-order valence-electron chi connectivity index (χ0n) is 16.8. The number of nitrogens with one attached hydrogen (secondary N) is 1. The van der Waals surface area contributed by atoms with E-state index in [0.717, 1.165) is 10.5 Å². The molecule has 1 heterocycles. The lowest BCUT2D eigenvalue weighted by atomic mass is 10.1. The van der Waals surface area contributed by atoms with Gasteiger partial charge in [-0.2, -0.15) is 0 Å². The second-order valence-electron chi connectivity index (χ2n) is 7.23. The number of thioether (sulfide) groups is 1. The van der Waals surface area contributed by atoms with E-state index in [1.54, 1.807) is 48.5 Å². The number of hydrogen-bond donors (Lipinski definition) is 1. The van der Waals surface area contributed by atoms with Gasteiger partial charge in [0.25, 0.3) is 0 Å². The Bertz CT molecular complexity index is 1170. The monoisotopic (exact) mass is 484 g/mol. The predicted molar refractivity (Wildman–Crippen MR) is 128 cm³/mol. The molecule has 0 unspecified atom stereocenters. The van der Waals surface area contributed by atoms with Gasteiger partial charge in [-0.05, 0) is 60.2 Å². The Morgan fingerprint density at radius 3 is 2.38 bits per heavy atom. The Kier molecular flexibility index (Phi) is 6.84. The van der Waals surface area contributed by atoms with Crippen molar-refractivity contribution in [2.45, 2.75) is 23.0 Å². The Balaban J connectivity index is 1.36. The summed E-state index contributed by atoms with van der Waals surface area (Å²) in [5.74, 6) is -0.648. The third-order valence-electron chi connectivity index (χ3n) is 4.87. The van der Waals surface area contributed by atoms with Crippen molar-refractivity contribution in [2.75, 3.05) is 10.2 Å². The van der Waals surface area contributed by atoms with Gasteiger partial charge in [0.1, 0.15) is 0 Å². The predicted octanol–water partition coefficient (Wildman–Crippen LogP) is 5.60. The molecule has 8 heteroatoms. The second kappa shape index (κ2) is 9.77. The van der Waals surface area contributed by atoms with Crippen LogP contribution in [0.3, 0.4) is 0 Å². The summed E-state index contributed by atoms with van der Waals surface area (Å²) in [7, 11) is 0. The molecule has 0 radical (unpaired) electrons. The average Bonchev–Trinajstić information content (AvgIpc) is 3.04. The van der Waals surface area contributed by atoms with Crippen molar-refractivity contribution in [3.8, 4) is 0 Å².